The largest absolute Gasteiger partial charge is 0.459 e. The Balaban J connectivity index is 2.11. The summed E-state index contributed by atoms with van der Waals surface area (Å²) in [7, 11) is 0. The van der Waals surface area contributed by atoms with Gasteiger partial charge in [-0.05, 0) is 30.7 Å². The summed E-state index contributed by atoms with van der Waals surface area (Å²) in [5.74, 6) is 4.77. The van der Waals surface area contributed by atoms with E-state index in [1.165, 1.54) is 6.07 Å². The Morgan fingerprint density at radius 1 is 1.10 bits per heavy atom. The van der Waals surface area contributed by atoms with Crippen molar-refractivity contribution >= 4 is 11.0 Å². The van der Waals surface area contributed by atoms with Crippen LogP contribution in [0.25, 0.3) is 11.0 Å². The van der Waals surface area contributed by atoms with Crippen molar-refractivity contribution in [1.82, 2.24) is 5.43 Å². The van der Waals surface area contributed by atoms with E-state index in [-0.39, 0.29) is 5.56 Å². The number of para-hydroxylation sites is 1. The van der Waals surface area contributed by atoms with Gasteiger partial charge in [-0.3, -0.25) is 5.84 Å². The molecule has 1 unspecified atom stereocenters. The average Bonchev–Trinajstić information content (AvgIpc) is 2.88. The molecule has 0 spiro atoms. The second-order valence-electron chi connectivity index (χ2n) is 4.91. The van der Waals surface area contributed by atoms with E-state index in [0.29, 0.717) is 16.9 Å². The van der Waals surface area contributed by atoms with Crippen LogP contribution in [0.1, 0.15) is 22.9 Å². The van der Waals surface area contributed by atoms with Gasteiger partial charge >= 0.3 is 0 Å². The summed E-state index contributed by atoms with van der Waals surface area (Å²) in [5, 5.41) is 0.895. The van der Waals surface area contributed by atoms with Crippen molar-refractivity contribution in [2.75, 3.05) is 0 Å². The molecular formula is C16H14F2N2O. The molecule has 3 rings (SSSR count). The van der Waals surface area contributed by atoms with E-state index in [2.05, 4.69) is 5.43 Å². The molecule has 108 valence electrons. The fraction of sp³-hybridized carbons (Fsp3) is 0.125. The van der Waals surface area contributed by atoms with Crippen molar-refractivity contribution in [2.45, 2.75) is 13.0 Å². The van der Waals surface area contributed by atoms with Gasteiger partial charge in [0.1, 0.15) is 29.0 Å². The third kappa shape index (κ3) is 2.41. The minimum Gasteiger partial charge on any atom is -0.459 e. The monoisotopic (exact) mass is 288 g/mol. The molecule has 0 amide bonds. The Kier molecular flexibility index (Phi) is 3.45. The topological polar surface area (TPSA) is 51.2 Å². The molecule has 3 N–H and O–H groups in total. The van der Waals surface area contributed by atoms with Gasteiger partial charge in [0.15, 0.2) is 0 Å². The first-order valence-corrected chi connectivity index (χ1v) is 6.50. The highest BCUT2D eigenvalue weighted by Gasteiger charge is 2.22. The lowest BCUT2D eigenvalue weighted by Crippen LogP contribution is -2.29. The summed E-state index contributed by atoms with van der Waals surface area (Å²) in [6, 6.07) is 10.8. The minimum atomic E-state index is -0.684. The van der Waals surface area contributed by atoms with Gasteiger partial charge in [0.2, 0.25) is 0 Å². The third-order valence-corrected chi connectivity index (χ3v) is 3.48. The maximum absolute atomic E-state index is 14.0. The predicted molar refractivity (Wildman–Crippen MR) is 76.5 cm³/mol. The minimum absolute atomic E-state index is 0.246. The van der Waals surface area contributed by atoms with Crippen LogP contribution in [0, 0.1) is 18.6 Å². The van der Waals surface area contributed by atoms with Gasteiger partial charge in [0.25, 0.3) is 0 Å². The predicted octanol–water partition coefficient (Wildman–Crippen LogP) is 3.57. The molecule has 5 heteroatoms. The molecule has 0 saturated carbocycles. The molecule has 2 aromatic carbocycles. The zero-order valence-corrected chi connectivity index (χ0v) is 11.4. The number of benzene rings is 2. The lowest BCUT2D eigenvalue weighted by molar-refractivity contribution is 0.459. The van der Waals surface area contributed by atoms with Crippen LogP contribution in [0.2, 0.25) is 0 Å². The first kappa shape index (κ1) is 13.7. The highest BCUT2D eigenvalue weighted by atomic mass is 19.1. The number of aryl methyl sites for hydroxylation is 1. The number of halogens is 2. The zero-order chi connectivity index (χ0) is 15.0. The smallest absolute Gasteiger partial charge is 0.134 e. The molecule has 0 aliphatic carbocycles. The van der Waals surface area contributed by atoms with Crippen LogP contribution < -0.4 is 11.3 Å². The maximum atomic E-state index is 14.0. The van der Waals surface area contributed by atoms with Gasteiger partial charge < -0.3 is 4.42 Å². The van der Waals surface area contributed by atoms with Crippen molar-refractivity contribution in [2.24, 2.45) is 5.84 Å². The van der Waals surface area contributed by atoms with Gasteiger partial charge in [-0.1, -0.05) is 18.2 Å². The number of rotatable bonds is 3. The molecule has 0 saturated heterocycles. The molecule has 0 aliphatic rings. The quantitative estimate of drug-likeness (QED) is 0.572. The van der Waals surface area contributed by atoms with E-state index in [9.17, 15) is 8.78 Å². The average molecular weight is 288 g/mol. The van der Waals surface area contributed by atoms with Crippen molar-refractivity contribution in [3.05, 3.63) is 71.0 Å². The van der Waals surface area contributed by atoms with Crippen molar-refractivity contribution in [1.29, 1.82) is 0 Å². The van der Waals surface area contributed by atoms with E-state index in [1.54, 1.807) is 13.0 Å². The summed E-state index contributed by atoms with van der Waals surface area (Å²) >= 11 is 0. The van der Waals surface area contributed by atoms with Crippen LogP contribution in [0.5, 0.6) is 0 Å². The first-order valence-electron chi connectivity index (χ1n) is 6.50. The van der Waals surface area contributed by atoms with Crippen molar-refractivity contribution in [3.63, 3.8) is 0 Å². The van der Waals surface area contributed by atoms with Gasteiger partial charge in [-0.25, -0.2) is 14.2 Å². The molecular weight excluding hydrogens is 274 g/mol. The normalized spacial score (nSPS) is 12.8. The second-order valence-corrected chi connectivity index (χ2v) is 4.91. The molecule has 0 bridgehead atoms. The van der Waals surface area contributed by atoms with E-state index in [0.717, 1.165) is 11.5 Å². The fourth-order valence-electron chi connectivity index (χ4n) is 2.37. The number of hydrogen-bond acceptors (Lipinski definition) is 3. The number of nitrogens with one attached hydrogen (secondary N) is 1. The first-order chi connectivity index (χ1) is 10.1. The van der Waals surface area contributed by atoms with E-state index in [1.807, 2.05) is 24.3 Å². The molecule has 3 nitrogen and oxygen atoms in total. The van der Waals surface area contributed by atoms with Crippen molar-refractivity contribution < 1.29 is 13.2 Å². The van der Waals surface area contributed by atoms with Crippen LogP contribution >= 0.6 is 0 Å². The molecule has 0 fully saturated rings. The third-order valence-electron chi connectivity index (χ3n) is 3.48. The molecule has 1 atom stereocenters. The fourth-order valence-corrected chi connectivity index (χ4v) is 2.37. The Bertz CT molecular complexity index is 765. The second kappa shape index (κ2) is 5.27. The van der Waals surface area contributed by atoms with Gasteiger partial charge in [-0.2, -0.15) is 0 Å². The van der Waals surface area contributed by atoms with Crippen LogP contribution in [-0.2, 0) is 0 Å². The Morgan fingerprint density at radius 3 is 2.57 bits per heavy atom. The lowest BCUT2D eigenvalue weighted by Gasteiger charge is -2.15. The van der Waals surface area contributed by atoms with Crippen LogP contribution in [0.15, 0.2) is 46.9 Å². The van der Waals surface area contributed by atoms with E-state index in [4.69, 9.17) is 10.3 Å². The van der Waals surface area contributed by atoms with Gasteiger partial charge in [0, 0.05) is 17.0 Å². The number of nitrogens with two attached hydrogens (primary N) is 1. The van der Waals surface area contributed by atoms with Crippen LogP contribution in [0.3, 0.4) is 0 Å². The highest BCUT2D eigenvalue weighted by Crippen LogP contribution is 2.30. The van der Waals surface area contributed by atoms with Gasteiger partial charge in [-0.15, -0.1) is 0 Å². The molecule has 1 aromatic heterocycles. The SMILES string of the molecule is Cc1cc(C(NN)c2cc3ccccc3o2)c(F)cc1F. The van der Waals surface area contributed by atoms with Gasteiger partial charge in [0.05, 0.1) is 0 Å². The summed E-state index contributed by atoms with van der Waals surface area (Å²) in [4.78, 5) is 0. The molecule has 1 heterocycles. The summed E-state index contributed by atoms with van der Waals surface area (Å²) in [6.07, 6.45) is 0. The van der Waals surface area contributed by atoms with E-state index < -0.39 is 17.7 Å². The zero-order valence-electron chi connectivity index (χ0n) is 11.4. The Morgan fingerprint density at radius 2 is 1.86 bits per heavy atom. The van der Waals surface area contributed by atoms with Crippen LogP contribution in [-0.4, -0.2) is 0 Å². The number of fused-ring (bicyclic) bond motifs is 1. The lowest BCUT2D eigenvalue weighted by atomic mass is 10.0. The van der Waals surface area contributed by atoms with E-state index >= 15 is 0 Å². The Hall–Kier alpha value is -2.24. The standard InChI is InChI=1S/C16H14F2N2O/c1-9-6-11(13(18)8-12(9)17)16(20-19)15-7-10-4-2-3-5-14(10)21-15/h2-8,16,20H,19H2,1H3. The maximum Gasteiger partial charge on any atom is 0.134 e. The molecule has 3 aromatic rings. The summed E-state index contributed by atoms with van der Waals surface area (Å²) in [6.45, 7) is 1.57. The Labute approximate surface area is 120 Å². The highest BCUT2D eigenvalue weighted by molar-refractivity contribution is 5.78. The van der Waals surface area contributed by atoms with Crippen molar-refractivity contribution in [3.8, 4) is 0 Å². The summed E-state index contributed by atoms with van der Waals surface area (Å²) < 4.78 is 33.1. The molecule has 0 aliphatic heterocycles. The van der Waals surface area contributed by atoms with Crippen LogP contribution in [0.4, 0.5) is 8.78 Å². The molecule has 21 heavy (non-hydrogen) atoms. The molecule has 0 radical (unpaired) electrons. The number of hydrazine groups is 1. The number of hydrogen-bond donors (Lipinski definition) is 2. The summed E-state index contributed by atoms with van der Waals surface area (Å²) in [5.41, 5.74) is 3.81. The number of furan rings is 1.